The first-order valence-corrected chi connectivity index (χ1v) is 11.4. The largest absolute Gasteiger partial charge is 0.467 e. The Hall–Kier alpha value is -3.53. The van der Waals surface area contributed by atoms with Crippen molar-refractivity contribution in [2.75, 3.05) is 0 Å². The van der Waals surface area contributed by atoms with Crippen molar-refractivity contribution >= 4 is 5.91 Å². The summed E-state index contributed by atoms with van der Waals surface area (Å²) in [7, 11) is 0. The molecule has 162 valence electrons. The van der Waals surface area contributed by atoms with Crippen molar-refractivity contribution in [1.29, 1.82) is 0 Å². The lowest BCUT2D eigenvalue weighted by Crippen LogP contribution is -2.22. The molecule has 2 heterocycles. The fourth-order valence-corrected chi connectivity index (χ4v) is 4.55. The quantitative estimate of drug-likeness (QED) is 0.385. The van der Waals surface area contributed by atoms with E-state index in [1.165, 1.54) is 47.3 Å². The van der Waals surface area contributed by atoms with Gasteiger partial charge < -0.3 is 14.3 Å². The monoisotopic (exact) mass is 424 g/mol. The van der Waals surface area contributed by atoms with Gasteiger partial charge in [0.15, 0.2) is 0 Å². The SMILES string of the molecule is Cc1ccc(-c2cc3c(n2-c2ccc(C(=O)NCc4ccco4)cc2)CCCCC3)cc1. The minimum atomic E-state index is -0.0990. The van der Waals surface area contributed by atoms with Crippen LogP contribution in [0, 0.1) is 6.92 Å². The maximum absolute atomic E-state index is 12.6. The third-order valence-electron chi connectivity index (χ3n) is 6.29. The maximum Gasteiger partial charge on any atom is 0.251 e. The molecule has 0 bridgehead atoms. The smallest absolute Gasteiger partial charge is 0.251 e. The fourth-order valence-electron chi connectivity index (χ4n) is 4.55. The van der Waals surface area contributed by atoms with Crippen LogP contribution < -0.4 is 5.32 Å². The number of hydrogen-bond acceptors (Lipinski definition) is 2. The predicted molar refractivity (Wildman–Crippen MR) is 127 cm³/mol. The summed E-state index contributed by atoms with van der Waals surface area (Å²) in [4.78, 5) is 12.6. The van der Waals surface area contributed by atoms with E-state index in [0.29, 0.717) is 12.1 Å². The fraction of sp³-hybridized carbons (Fsp3) is 0.250. The van der Waals surface area contributed by atoms with Gasteiger partial charge in [-0.25, -0.2) is 0 Å². The van der Waals surface area contributed by atoms with Crippen LogP contribution in [0.3, 0.4) is 0 Å². The van der Waals surface area contributed by atoms with Crippen LogP contribution in [0.4, 0.5) is 0 Å². The molecule has 4 aromatic rings. The number of benzene rings is 2. The number of hydrogen-bond donors (Lipinski definition) is 1. The molecule has 1 aliphatic carbocycles. The van der Waals surface area contributed by atoms with Gasteiger partial charge in [-0.15, -0.1) is 0 Å². The highest BCUT2D eigenvalue weighted by Gasteiger charge is 2.19. The van der Waals surface area contributed by atoms with Crippen LogP contribution in [0.5, 0.6) is 0 Å². The number of furan rings is 1. The van der Waals surface area contributed by atoms with Crippen LogP contribution in [0.1, 0.15) is 52.2 Å². The van der Waals surface area contributed by atoms with Gasteiger partial charge in [-0.1, -0.05) is 36.2 Å². The normalized spacial score (nSPS) is 13.4. The molecule has 0 saturated heterocycles. The number of carbonyl (C=O) groups excluding carboxylic acids is 1. The van der Waals surface area contributed by atoms with E-state index < -0.39 is 0 Å². The number of amides is 1. The third-order valence-corrected chi connectivity index (χ3v) is 6.29. The van der Waals surface area contributed by atoms with E-state index in [0.717, 1.165) is 24.3 Å². The van der Waals surface area contributed by atoms with Gasteiger partial charge in [0.2, 0.25) is 0 Å². The standard InChI is InChI=1S/C28H28N2O2/c1-20-9-11-21(12-10-20)27-18-23-6-3-2-4-8-26(23)30(27)24-15-13-22(14-16-24)28(31)29-19-25-7-5-17-32-25/h5,7,9-18H,2-4,6,8,19H2,1H3,(H,29,31). The lowest BCUT2D eigenvalue weighted by molar-refractivity contribution is 0.0948. The highest BCUT2D eigenvalue weighted by molar-refractivity contribution is 5.94. The molecular weight excluding hydrogens is 396 g/mol. The molecule has 0 spiro atoms. The maximum atomic E-state index is 12.6. The van der Waals surface area contributed by atoms with Crippen molar-refractivity contribution in [2.24, 2.45) is 0 Å². The van der Waals surface area contributed by atoms with Gasteiger partial charge in [-0.3, -0.25) is 4.79 Å². The minimum absolute atomic E-state index is 0.0990. The summed E-state index contributed by atoms with van der Waals surface area (Å²) in [5.74, 6) is 0.644. The highest BCUT2D eigenvalue weighted by Crippen LogP contribution is 2.33. The van der Waals surface area contributed by atoms with Crippen LogP contribution in [-0.2, 0) is 19.4 Å². The highest BCUT2D eigenvalue weighted by atomic mass is 16.3. The number of nitrogens with one attached hydrogen (secondary N) is 1. The first-order chi connectivity index (χ1) is 15.7. The summed E-state index contributed by atoms with van der Waals surface area (Å²) in [5.41, 5.74) is 8.34. The molecule has 1 N–H and O–H groups in total. The molecule has 5 rings (SSSR count). The Morgan fingerprint density at radius 3 is 2.50 bits per heavy atom. The summed E-state index contributed by atoms with van der Waals surface area (Å²) in [6, 6.07) is 22.7. The number of nitrogens with zero attached hydrogens (tertiary/aromatic N) is 1. The molecule has 0 atom stereocenters. The van der Waals surface area contributed by atoms with Crippen molar-refractivity contribution in [3.8, 4) is 16.9 Å². The molecule has 4 nitrogen and oxygen atoms in total. The van der Waals surface area contributed by atoms with Gasteiger partial charge in [0.1, 0.15) is 5.76 Å². The van der Waals surface area contributed by atoms with Crippen molar-refractivity contribution in [3.63, 3.8) is 0 Å². The van der Waals surface area contributed by atoms with Crippen molar-refractivity contribution < 1.29 is 9.21 Å². The van der Waals surface area contributed by atoms with Crippen molar-refractivity contribution in [1.82, 2.24) is 9.88 Å². The second-order valence-corrected chi connectivity index (χ2v) is 8.57. The average molecular weight is 425 g/mol. The first kappa shape index (κ1) is 20.4. The van der Waals surface area contributed by atoms with Gasteiger partial charge in [0, 0.05) is 16.9 Å². The Kier molecular flexibility index (Phi) is 5.68. The molecular formula is C28H28N2O2. The number of carbonyl (C=O) groups is 1. The van der Waals surface area contributed by atoms with Crippen LogP contribution in [-0.4, -0.2) is 10.5 Å². The van der Waals surface area contributed by atoms with Gasteiger partial charge in [0.05, 0.1) is 18.5 Å². The van der Waals surface area contributed by atoms with Crippen molar-refractivity contribution in [3.05, 3.63) is 101 Å². The summed E-state index contributed by atoms with van der Waals surface area (Å²) in [5, 5.41) is 2.92. The zero-order valence-corrected chi connectivity index (χ0v) is 18.4. The summed E-state index contributed by atoms with van der Waals surface area (Å²) in [6.07, 6.45) is 7.59. The molecule has 0 aliphatic heterocycles. The van der Waals surface area contributed by atoms with Crippen molar-refractivity contribution in [2.45, 2.75) is 45.6 Å². The molecule has 0 fully saturated rings. The van der Waals surface area contributed by atoms with Crippen LogP contribution in [0.2, 0.25) is 0 Å². The van der Waals surface area contributed by atoms with E-state index in [9.17, 15) is 4.79 Å². The Bertz CT molecular complexity index is 1200. The lowest BCUT2D eigenvalue weighted by Gasteiger charge is -2.15. The topological polar surface area (TPSA) is 47.2 Å². The van der Waals surface area contributed by atoms with E-state index >= 15 is 0 Å². The van der Waals surface area contributed by atoms with E-state index in [2.05, 4.69) is 59.3 Å². The average Bonchev–Trinajstić information content (AvgIpc) is 3.40. The van der Waals surface area contributed by atoms with Gasteiger partial charge >= 0.3 is 0 Å². The molecule has 4 heteroatoms. The lowest BCUT2D eigenvalue weighted by atomic mass is 10.1. The van der Waals surface area contributed by atoms with Crippen LogP contribution in [0.15, 0.2) is 77.4 Å². The van der Waals surface area contributed by atoms with Crippen LogP contribution in [0.25, 0.3) is 16.9 Å². The molecule has 2 aromatic heterocycles. The van der Waals surface area contributed by atoms with Gasteiger partial charge in [-0.2, -0.15) is 0 Å². The Labute approximate surface area is 188 Å². The number of aromatic nitrogens is 1. The second-order valence-electron chi connectivity index (χ2n) is 8.57. The number of rotatable bonds is 5. The van der Waals surface area contributed by atoms with E-state index in [1.54, 1.807) is 6.26 Å². The van der Waals surface area contributed by atoms with E-state index in [-0.39, 0.29) is 5.91 Å². The molecule has 32 heavy (non-hydrogen) atoms. The van der Waals surface area contributed by atoms with Crippen LogP contribution >= 0.6 is 0 Å². The Balaban J connectivity index is 1.47. The molecule has 1 aliphatic rings. The zero-order chi connectivity index (χ0) is 21.9. The number of fused-ring (bicyclic) bond motifs is 1. The Morgan fingerprint density at radius 2 is 1.75 bits per heavy atom. The molecule has 1 amide bonds. The van der Waals surface area contributed by atoms with Gasteiger partial charge in [-0.05, 0) is 86.2 Å². The molecule has 0 saturated carbocycles. The predicted octanol–water partition coefficient (Wildman–Crippen LogP) is 6.24. The molecule has 0 radical (unpaired) electrons. The first-order valence-electron chi connectivity index (χ1n) is 11.4. The minimum Gasteiger partial charge on any atom is -0.467 e. The molecule has 2 aromatic carbocycles. The second kappa shape index (κ2) is 8.91. The molecule has 0 unspecified atom stereocenters. The summed E-state index contributed by atoms with van der Waals surface area (Å²) < 4.78 is 7.69. The van der Waals surface area contributed by atoms with Gasteiger partial charge in [0.25, 0.3) is 5.91 Å². The summed E-state index contributed by atoms with van der Waals surface area (Å²) >= 11 is 0. The summed E-state index contributed by atoms with van der Waals surface area (Å²) in [6.45, 7) is 2.50. The third kappa shape index (κ3) is 4.13. The van der Waals surface area contributed by atoms with E-state index in [1.807, 2.05) is 24.3 Å². The number of aryl methyl sites for hydroxylation is 2. The Morgan fingerprint density at radius 1 is 0.969 bits per heavy atom. The van der Waals surface area contributed by atoms with E-state index in [4.69, 9.17) is 4.42 Å². The zero-order valence-electron chi connectivity index (χ0n) is 18.4.